The molecule has 0 aromatic carbocycles. The third-order valence-corrected chi connectivity index (χ3v) is 1.58. The molecule has 1 unspecified atom stereocenters. The van der Waals surface area contributed by atoms with Crippen LogP contribution in [0.15, 0.2) is 0 Å². The number of aromatic nitrogens is 5. The average Bonchev–Trinajstić information content (AvgIpc) is 2.34. The van der Waals surface area contributed by atoms with E-state index in [2.05, 4.69) is 41.6 Å². The fourth-order valence-corrected chi connectivity index (χ4v) is 1.21. The maximum atomic E-state index is 9.62. The van der Waals surface area contributed by atoms with Gasteiger partial charge in [-0.1, -0.05) is 30.8 Å². The van der Waals surface area contributed by atoms with Crippen LogP contribution >= 0.6 is 0 Å². The van der Waals surface area contributed by atoms with Crippen LogP contribution in [0.2, 0.25) is 0 Å². The lowest BCUT2D eigenvalue weighted by atomic mass is 9.89. The molecular weight excluding hydrogens is 170 g/mol. The molecule has 0 saturated heterocycles. The fraction of sp³-hybridized carbons (Fsp3) is 1.00. The second-order valence-electron chi connectivity index (χ2n) is 4.38. The summed E-state index contributed by atoms with van der Waals surface area (Å²) in [4.78, 5) is 1.41. The van der Waals surface area contributed by atoms with Crippen molar-refractivity contribution in [3.05, 3.63) is 0 Å². The molecule has 0 aliphatic heterocycles. The number of aromatic amines is 1. The first-order valence-corrected chi connectivity index (χ1v) is 4.29. The Labute approximate surface area is 76.9 Å². The van der Waals surface area contributed by atoms with Crippen LogP contribution in [0.5, 0.6) is 0 Å². The molecule has 0 saturated carbocycles. The largest absolute Gasteiger partial charge is 0.390 e. The van der Waals surface area contributed by atoms with Crippen LogP contribution < -0.4 is 4.80 Å². The Morgan fingerprint density at radius 1 is 1.46 bits per heavy atom. The number of H-pyrrole nitrogens is 1. The van der Waals surface area contributed by atoms with Crippen molar-refractivity contribution >= 4 is 0 Å². The summed E-state index contributed by atoms with van der Waals surface area (Å²) in [6, 6.07) is 0. The maximum Gasteiger partial charge on any atom is 0.231 e. The minimum Gasteiger partial charge on any atom is -0.390 e. The zero-order chi connectivity index (χ0) is 9.90. The van der Waals surface area contributed by atoms with Gasteiger partial charge in [0.2, 0.25) is 10.4 Å². The van der Waals surface area contributed by atoms with E-state index in [1.54, 1.807) is 0 Å². The Bertz CT molecular complexity index is 240. The first-order chi connectivity index (χ1) is 5.97. The van der Waals surface area contributed by atoms with Crippen LogP contribution in [0.1, 0.15) is 27.2 Å². The molecule has 6 nitrogen and oxygen atoms in total. The average molecular weight is 186 g/mol. The second-order valence-corrected chi connectivity index (χ2v) is 4.38. The second kappa shape index (κ2) is 3.78. The summed E-state index contributed by atoms with van der Waals surface area (Å²) >= 11 is 0. The Balaban J connectivity index is 2.38. The van der Waals surface area contributed by atoms with Gasteiger partial charge in [0, 0.05) is 0 Å². The molecule has 1 rings (SSSR count). The number of hydrogen-bond donors (Lipinski definition) is 2. The Morgan fingerprint density at radius 3 is 2.62 bits per heavy atom. The molecule has 0 aliphatic rings. The molecule has 2 N–H and O–H groups in total. The van der Waals surface area contributed by atoms with Crippen molar-refractivity contribution < 1.29 is 9.90 Å². The Hall–Kier alpha value is -1.04. The van der Waals surface area contributed by atoms with E-state index in [1.165, 1.54) is 4.80 Å². The van der Waals surface area contributed by atoms with Crippen molar-refractivity contribution in [1.82, 2.24) is 20.9 Å². The molecule has 0 amide bonds. The molecule has 74 valence electrons. The van der Waals surface area contributed by atoms with Gasteiger partial charge in [0.25, 0.3) is 0 Å². The molecule has 0 bridgehead atoms. The molecule has 0 aliphatic carbocycles. The van der Waals surface area contributed by atoms with Gasteiger partial charge >= 0.3 is 0 Å². The predicted molar refractivity (Wildman–Crippen MR) is 44.5 cm³/mol. The highest BCUT2D eigenvalue weighted by molar-refractivity contribution is 4.64. The lowest BCUT2D eigenvalue weighted by molar-refractivity contribution is -0.812. The van der Waals surface area contributed by atoms with Gasteiger partial charge in [-0.2, -0.15) is 0 Å². The van der Waals surface area contributed by atoms with Gasteiger partial charge in [-0.25, -0.2) is 0 Å². The predicted octanol–water partition coefficient (Wildman–Crippen LogP) is -0.716. The summed E-state index contributed by atoms with van der Waals surface area (Å²) in [7, 11) is 0. The lowest BCUT2D eigenvalue weighted by Crippen LogP contribution is -2.45. The van der Waals surface area contributed by atoms with E-state index >= 15 is 0 Å². The zero-order valence-corrected chi connectivity index (χ0v) is 8.23. The van der Waals surface area contributed by atoms with Crippen LogP contribution in [-0.4, -0.2) is 32.1 Å². The van der Waals surface area contributed by atoms with Crippen LogP contribution in [0, 0.1) is 5.41 Å². The standard InChI is InChI=1S/C7H15N5O/c1-7(2,3)4-6(13)5-12-10-8-9-11-12/h6,13H,4-5H2,1-3H3/p+1. The smallest absolute Gasteiger partial charge is 0.231 e. The summed E-state index contributed by atoms with van der Waals surface area (Å²) in [5.41, 5.74) is 0.118. The molecular formula is C7H16N5O+. The quantitative estimate of drug-likeness (QED) is 0.611. The summed E-state index contributed by atoms with van der Waals surface area (Å²) in [5.74, 6) is 0. The van der Waals surface area contributed by atoms with Crippen LogP contribution in [0.4, 0.5) is 0 Å². The van der Waals surface area contributed by atoms with E-state index < -0.39 is 6.10 Å². The van der Waals surface area contributed by atoms with Crippen molar-refractivity contribution in [1.29, 1.82) is 0 Å². The minimum absolute atomic E-state index is 0.118. The van der Waals surface area contributed by atoms with Crippen molar-refractivity contribution in [3.63, 3.8) is 0 Å². The molecule has 13 heavy (non-hydrogen) atoms. The van der Waals surface area contributed by atoms with E-state index in [0.29, 0.717) is 6.54 Å². The lowest BCUT2D eigenvalue weighted by Gasteiger charge is -2.20. The normalized spacial score (nSPS) is 14.5. The topological polar surface area (TPSA) is 78.6 Å². The molecule has 1 heterocycles. The molecule has 0 radical (unpaired) electrons. The Kier molecular flexibility index (Phi) is 2.92. The van der Waals surface area contributed by atoms with Gasteiger partial charge in [-0.05, 0) is 11.8 Å². The van der Waals surface area contributed by atoms with Gasteiger partial charge in [0.15, 0.2) is 0 Å². The molecule has 0 fully saturated rings. The highest BCUT2D eigenvalue weighted by atomic mass is 16.3. The third-order valence-electron chi connectivity index (χ3n) is 1.58. The van der Waals surface area contributed by atoms with E-state index in [1.807, 2.05) is 0 Å². The van der Waals surface area contributed by atoms with Gasteiger partial charge in [0.05, 0.1) is 6.10 Å². The number of aliphatic hydroxyl groups is 1. The van der Waals surface area contributed by atoms with Crippen LogP contribution in [0.25, 0.3) is 0 Å². The van der Waals surface area contributed by atoms with E-state index in [9.17, 15) is 5.11 Å². The van der Waals surface area contributed by atoms with Gasteiger partial charge in [-0.3, -0.25) is 0 Å². The van der Waals surface area contributed by atoms with Gasteiger partial charge < -0.3 is 5.11 Å². The molecule has 1 aromatic heterocycles. The fourth-order valence-electron chi connectivity index (χ4n) is 1.21. The monoisotopic (exact) mass is 186 g/mol. The van der Waals surface area contributed by atoms with Gasteiger partial charge in [-0.15, -0.1) is 0 Å². The van der Waals surface area contributed by atoms with Crippen molar-refractivity contribution in [2.45, 2.75) is 39.8 Å². The maximum absolute atomic E-state index is 9.62. The summed E-state index contributed by atoms with van der Waals surface area (Å²) in [5, 5.41) is 22.6. The first kappa shape index (κ1) is 10.0. The van der Waals surface area contributed by atoms with Crippen molar-refractivity contribution in [2.24, 2.45) is 5.41 Å². The number of nitrogens with one attached hydrogen (secondary N) is 1. The molecule has 0 spiro atoms. The highest BCUT2D eigenvalue weighted by Gasteiger charge is 2.19. The number of nitrogens with zero attached hydrogens (tertiary/aromatic N) is 4. The third kappa shape index (κ3) is 3.93. The molecule has 1 atom stereocenters. The SMILES string of the molecule is CC(C)(C)CC(O)C[n+]1nnn[nH]1. The van der Waals surface area contributed by atoms with Crippen molar-refractivity contribution in [2.75, 3.05) is 0 Å². The first-order valence-electron chi connectivity index (χ1n) is 4.29. The summed E-state index contributed by atoms with van der Waals surface area (Å²) in [6.45, 7) is 6.66. The number of rotatable bonds is 3. The highest BCUT2D eigenvalue weighted by Crippen LogP contribution is 2.20. The van der Waals surface area contributed by atoms with E-state index in [0.717, 1.165) is 6.42 Å². The van der Waals surface area contributed by atoms with Gasteiger partial charge in [0.1, 0.15) is 11.8 Å². The summed E-state index contributed by atoms with van der Waals surface area (Å²) < 4.78 is 0. The number of aliphatic hydroxyl groups excluding tert-OH is 1. The zero-order valence-electron chi connectivity index (χ0n) is 8.23. The van der Waals surface area contributed by atoms with Crippen LogP contribution in [-0.2, 0) is 6.54 Å². The molecule has 6 heteroatoms. The molecule has 1 aromatic rings. The summed E-state index contributed by atoms with van der Waals surface area (Å²) in [6.07, 6.45) is 0.306. The Morgan fingerprint density at radius 2 is 2.15 bits per heavy atom. The van der Waals surface area contributed by atoms with E-state index in [-0.39, 0.29) is 5.41 Å². The van der Waals surface area contributed by atoms with E-state index in [4.69, 9.17) is 0 Å². The minimum atomic E-state index is -0.417. The number of hydrogen-bond acceptors (Lipinski definition) is 4. The van der Waals surface area contributed by atoms with Crippen molar-refractivity contribution in [3.8, 4) is 0 Å². The van der Waals surface area contributed by atoms with Crippen LogP contribution in [0.3, 0.4) is 0 Å².